The maximum absolute atomic E-state index is 13.4. The zero-order chi connectivity index (χ0) is 22.8. The predicted molar refractivity (Wildman–Crippen MR) is 126 cm³/mol. The lowest BCUT2D eigenvalue weighted by atomic mass is 10.1. The van der Waals surface area contributed by atoms with E-state index < -0.39 is 6.04 Å². The van der Waals surface area contributed by atoms with Crippen molar-refractivity contribution < 1.29 is 19.2 Å². The summed E-state index contributed by atoms with van der Waals surface area (Å²) in [7, 11) is 1.63. The summed E-state index contributed by atoms with van der Waals surface area (Å²) < 4.78 is 6.90. The Morgan fingerprint density at radius 2 is 1.79 bits per heavy atom. The minimum Gasteiger partial charge on any atom is -0.508 e. The molecule has 0 amide bonds. The van der Waals surface area contributed by atoms with Crippen LogP contribution in [0.15, 0.2) is 85.1 Å². The molecule has 164 valence electrons. The van der Waals surface area contributed by atoms with E-state index in [1.165, 1.54) is 0 Å². The smallest absolute Gasteiger partial charge is 0.359 e. The van der Waals surface area contributed by atoms with Crippen LogP contribution in [-0.2, 0) is 12.8 Å². The number of methoxy groups -OCH3 is 1. The van der Waals surface area contributed by atoms with Gasteiger partial charge in [-0.05, 0) is 35.4 Å². The molecule has 6 heteroatoms. The van der Waals surface area contributed by atoms with Crippen molar-refractivity contribution in [2.45, 2.75) is 18.9 Å². The molecule has 0 radical (unpaired) electrons. The molecule has 3 aromatic carbocycles. The lowest BCUT2D eigenvalue weighted by Gasteiger charge is -2.07. The standard InChI is InChI=1S/C27H23N3O3/c1-33-22-12-10-19(11-13-22)15-24-27(32)30-17-25(20-8-5-9-21(31)16-20)28-23(26(30)29-24)14-18-6-3-2-4-7-18/h2-13,16-17,24,31H,14-15H2,1H3/p+1. The molecule has 0 bridgehead atoms. The molecule has 5 rings (SSSR count). The second kappa shape index (κ2) is 8.74. The van der Waals surface area contributed by atoms with Crippen molar-refractivity contribution in [1.29, 1.82) is 0 Å². The number of phenolic OH excluding ortho intramolecular Hbond substituents is 1. The van der Waals surface area contributed by atoms with Gasteiger partial charge in [0.2, 0.25) is 0 Å². The SMILES string of the molecule is COc1ccc(CC2Nc3c(Cc4ccccc4)nc(-c4cccc(O)c4)c[n+]3C2=O)cc1. The number of hydrogen-bond donors (Lipinski definition) is 2. The van der Waals surface area contributed by atoms with Gasteiger partial charge < -0.3 is 9.84 Å². The Balaban J connectivity index is 1.52. The van der Waals surface area contributed by atoms with Gasteiger partial charge in [0.1, 0.15) is 29.1 Å². The maximum Gasteiger partial charge on any atom is 0.359 e. The quantitative estimate of drug-likeness (QED) is 0.445. The molecular weight excluding hydrogens is 414 g/mol. The number of anilines is 1. The molecule has 0 spiro atoms. The summed E-state index contributed by atoms with van der Waals surface area (Å²) >= 11 is 0. The van der Waals surface area contributed by atoms with Gasteiger partial charge in [-0.25, -0.2) is 9.78 Å². The number of nitrogens with one attached hydrogen (secondary N) is 1. The third kappa shape index (κ3) is 4.28. The minimum atomic E-state index is -0.394. The maximum atomic E-state index is 13.4. The second-order valence-corrected chi connectivity index (χ2v) is 8.09. The first-order chi connectivity index (χ1) is 16.1. The molecule has 0 saturated carbocycles. The molecule has 0 saturated heterocycles. The topological polar surface area (TPSA) is 75.3 Å². The number of fused-ring (bicyclic) bond motifs is 1. The molecule has 1 atom stereocenters. The number of ether oxygens (including phenoxy) is 1. The highest BCUT2D eigenvalue weighted by Gasteiger charge is 2.41. The fourth-order valence-electron chi connectivity index (χ4n) is 4.13. The normalized spacial score (nSPS) is 14.6. The molecular formula is C27H24N3O3+. The predicted octanol–water partition coefficient (Wildman–Crippen LogP) is 4.02. The van der Waals surface area contributed by atoms with E-state index in [1.54, 1.807) is 36.1 Å². The van der Waals surface area contributed by atoms with E-state index in [0.29, 0.717) is 24.4 Å². The van der Waals surface area contributed by atoms with Crippen molar-refractivity contribution in [3.8, 4) is 22.8 Å². The summed E-state index contributed by atoms with van der Waals surface area (Å²) in [4.78, 5) is 18.3. The van der Waals surface area contributed by atoms with Crippen LogP contribution in [0.5, 0.6) is 11.5 Å². The minimum absolute atomic E-state index is 0.0288. The summed E-state index contributed by atoms with van der Waals surface area (Å²) in [6, 6.07) is 24.3. The van der Waals surface area contributed by atoms with Gasteiger partial charge in [0.15, 0.2) is 6.04 Å². The average molecular weight is 439 g/mol. The van der Waals surface area contributed by atoms with Crippen LogP contribution >= 0.6 is 0 Å². The van der Waals surface area contributed by atoms with Crippen molar-refractivity contribution in [3.63, 3.8) is 0 Å². The van der Waals surface area contributed by atoms with E-state index in [-0.39, 0.29) is 11.7 Å². The van der Waals surface area contributed by atoms with Crippen molar-refractivity contribution >= 4 is 11.7 Å². The van der Waals surface area contributed by atoms with E-state index in [2.05, 4.69) is 5.32 Å². The molecule has 1 aromatic heterocycles. The van der Waals surface area contributed by atoms with Crippen LogP contribution in [0.25, 0.3) is 11.3 Å². The first-order valence-corrected chi connectivity index (χ1v) is 10.8. The van der Waals surface area contributed by atoms with Gasteiger partial charge in [-0.3, -0.25) is 5.32 Å². The number of rotatable bonds is 6. The molecule has 0 fully saturated rings. The Morgan fingerprint density at radius 3 is 2.52 bits per heavy atom. The number of phenols is 1. The molecule has 0 aliphatic carbocycles. The summed E-state index contributed by atoms with van der Waals surface area (Å²) in [6.45, 7) is 0. The molecule has 2 heterocycles. The fraction of sp³-hybridized carbons (Fsp3) is 0.148. The van der Waals surface area contributed by atoms with Crippen molar-refractivity contribution in [2.75, 3.05) is 12.4 Å². The fourth-order valence-corrected chi connectivity index (χ4v) is 4.13. The van der Waals surface area contributed by atoms with Gasteiger partial charge in [0.25, 0.3) is 0 Å². The number of carbonyl (C=O) groups excluding carboxylic acids is 1. The third-order valence-electron chi connectivity index (χ3n) is 5.82. The molecule has 2 N–H and O–H groups in total. The second-order valence-electron chi connectivity index (χ2n) is 8.09. The Hall–Kier alpha value is -4.19. The number of aromatic nitrogens is 2. The van der Waals surface area contributed by atoms with Gasteiger partial charge in [-0.1, -0.05) is 54.6 Å². The third-order valence-corrected chi connectivity index (χ3v) is 5.82. The van der Waals surface area contributed by atoms with E-state index in [1.807, 2.05) is 60.7 Å². The number of benzene rings is 3. The van der Waals surface area contributed by atoms with E-state index >= 15 is 0 Å². The van der Waals surface area contributed by atoms with Crippen molar-refractivity contribution in [1.82, 2.24) is 4.98 Å². The van der Waals surface area contributed by atoms with E-state index in [9.17, 15) is 9.90 Å². The Kier molecular flexibility index (Phi) is 5.48. The lowest BCUT2D eigenvalue weighted by molar-refractivity contribution is -0.552. The highest BCUT2D eigenvalue weighted by molar-refractivity contribution is 5.82. The van der Waals surface area contributed by atoms with Crippen LogP contribution in [0.3, 0.4) is 0 Å². The monoisotopic (exact) mass is 438 g/mol. The van der Waals surface area contributed by atoms with Crippen LogP contribution in [0.4, 0.5) is 5.82 Å². The van der Waals surface area contributed by atoms with Gasteiger partial charge in [0, 0.05) is 18.4 Å². The number of carbonyl (C=O) groups is 1. The Labute approximate surface area is 192 Å². The first kappa shape index (κ1) is 20.7. The van der Waals surface area contributed by atoms with Crippen molar-refractivity contribution in [2.24, 2.45) is 0 Å². The average Bonchev–Trinajstić information content (AvgIpc) is 3.16. The zero-order valence-corrected chi connectivity index (χ0v) is 18.2. The first-order valence-electron chi connectivity index (χ1n) is 10.8. The molecule has 4 aromatic rings. The van der Waals surface area contributed by atoms with E-state index in [4.69, 9.17) is 9.72 Å². The largest absolute Gasteiger partial charge is 0.508 e. The highest BCUT2D eigenvalue weighted by Crippen LogP contribution is 2.26. The van der Waals surface area contributed by atoms with Gasteiger partial charge in [-0.15, -0.1) is 0 Å². The van der Waals surface area contributed by atoms with Crippen LogP contribution in [0, 0.1) is 0 Å². The Bertz CT molecular complexity index is 1300. The summed E-state index contributed by atoms with van der Waals surface area (Å²) in [6.07, 6.45) is 2.89. The molecule has 6 nitrogen and oxygen atoms in total. The number of hydrogen-bond acceptors (Lipinski definition) is 5. The van der Waals surface area contributed by atoms with Crippen molar-refractivity contribution in [3.05, 3.63) is 102 Å². The van der Waals surface area contributed by atoms with Gasteiger partial charge in [-0.2, -0.15) is 4.57 Å². The summed E-state index contributed by atoms with van der Waals surface area (Å²) in [5.74, 6) is 1.63. The van der Waals surface area contributed by atoms with Gasteiger partial charge in [0.05, 0.1) is 7.11 Å². The van der Waals surface area contributed by atoms with Crippen LogP contribution in [0.2, 0.25) is 0 Å². The molecule has 1 unspecified atom stereocenters. The van der Waals surface area contributed by atoms with E-state index in [0.717, 1.165) is 28.1 Å². The van der Waals surface area contributed by atoms with Crippen LogP contribution in [-0.4, -0.2) is 29.1 Å². The molecule has 1 aliphatic heterocycles. The number of aromatic hydroxyl groups is 1. The summed E-state index contributed by atoms with van der Waals surface area (Å²) in [5.41, 5.74) is 4.33. The van der Waals surface area contributed by atoms with Gasteiger partial charge >= 0.3 is 11.7 Å². The molecule has 1 aliphatic rings. The number of nitrogens with zero attached hydrogens (tertiary/aromatic N) is 2. The molecule has 33 heavy (non-hydrogen) atoms. The van der Waals surface area contributed by atoms with Crippen LogP contribution < -0.4 is 14.6 Å². The summed E-state index contributed by atoms with van der Waals surface area (Å²) in [5, 5.41) is 13.4. The zero-order valence-electron chi connectivity index (χ0n) is 18.2. The highest BCUT2D eigenvalue weighted by atomic mass is 16.5. The Morgan fingerprint density at radius 1 is 1.00 bits per heavy atom. The van der Waals surface area contributed by atoms with Crippen LogP contribution in [0.1, 0.15) is 21.6 Å². The lowest BCUT2D eigenvalue weighted by Crippen LogP contribution is -2.44.